The third-order valence-electron chi connectivity index (χ3n) is 3.82. The van der Waals surface area contributed by atoms with Crippen molar-refractivity contribution in [3.63, 3.8) is 0 Å². The lowest BCUT2D eigenvalue weighted by Crippen LogP contribution is -2.26. The van der Waals surface area contributed by atoms with Crippen LogP contribution >= 0.6 is 0 Å². The lowest BCUT2D eigenvalue weighted by Gasteiger charge is -2.06. The normalized spacial score (nSPS) is 12.2. The first-order chi connectivity index (χ1) is 13.0. The van der Waals surface area contributed by atoms with Gasteiger partial charge >= 0.3 is 0 Å². The number of nitro groups is 1. The molecule has 2 aromatic carbocycles. The van der Waals surface area contributed by atoms with E-state index in [1.54, 1.807) is 0 Å². The molecule has 0 aliphatic carbocycles. The smallest absolute Gasteiger partial charge is 0.280 e. The van der Waals surface area contributed by atoms with Gasteiger partial charge in [0.05, 0.1) is 23.1 Å². The molecule has 8 nitrogen and oxygen atoms in total. The largest absolute Gasteiger partial charge is 0.492 e. The van der Waals surface area contributed by atoms with Gasteiger partial charge in [-0.25, -0.2) is 0 Å². The summed E-state index contributed by atoms with van der Waals surface area (Å²) >= 11 is 0. The summed E-state index contributed by atoms with van der Waals surface area (Å²) < 4.78 is 15.9. The van der Waals surface area contributed by atoms with Gasteiger partial charge in [0.1, 0.15) is 12.4 Å². The first-order valence-electron chi connectivity index (χ1n) is 8.26. The van der Waals surface area contributed by atoms with Crippen LogP contribution in [0.4, 0.5) is 5.69 Å². The standard InChI is InChI=1S/C19H18N2O6/c1-13-2-5-15(6-3-13)25-9-8-20-19(22)7-4-14-10-17-18(27-12-26-17)11-16(14)21(23)24/h2-7,10-11H,8-9,12H2,1H3,(H,20,22)/b7-4+. The van der Waals surface area contributed by atoms with Crippen molar-refractivity contribution in [3.8, 4) is 17.2 Å². The Morgan fingerprint density at radius 2 is 1.96 bits per heavy atom. The zero-order chi connectivity index (χ0) is 19.2. The van der Waals surface area contributed by atoms with Crippen LogP contribution in [-0.2, 0) is 4.79 Å². The van der Waals surface area contributed by atoms with Gasteiger partial charge in [-0.1, -0.05) is 17.7 Å². The van der Waals surface area contributed by atoms with E-state index in [1.807, 2.05) is 31.2 Å². The number of hydrogen-bond acceptors (Lipinski definition) is 6. The van der Waals surface area contributed by atoms with E-state index in [0.717, 1.165) is 11.3 Å². The predicted octanol–water partition coefficient (Wildman–Crippen LogP) is 2.84. The zero-order valence-corrected chi connectivity index (χ0v) is 14.6. The molecule has 0 radical (unpaired) electrons. The Morgan fingerprint density at radius 1 is 1.26 bits per heavy atom. The summed E-state index contributed by atoms with van der Waals surface area (Å²) in [6.45, 7) is 2.62. The van der Waals surface area contributed by atoms with E-state index < -0.39 is 4.92 Å². The van der Waals surface area contributed by atoms with Crippen LogP contribution in [0.5, 0.6) is 17.2 Å². The van der Waals surface area contributed by atoms with Crippen molar-refractivity contribution in [2.75, 3.05) is 19.9 Å². The molecule has 1 N–H and O–H groups in total. The number of hydrogen-bond donors (Lipinski definition) is 1. The van der Waals surface area contributed by atoms with Crippen LogP contribution < -0.4 is 19.5 Å². The number of carbonyl (C=O) groups is 1. The first-order valence-corrected chi connectivity index (χ1v) is 8.26. The topological polar surface area (TPSA) is 99.9 Å². The molecule has 1 aliphatic heterocycles. The second kappa shape index (κ2) is 8.22. The third-order valence-corrected chi connectivity index (χ3v) is 3.82. The highest BCUT2D eigenvalue weighted by molar-refractivity contribution is 5.92. The number of amides is 1. The van der Waals surface area contributed by atoms with Crippen LogP contribution in [0.25, 0.3) is 6.08 Å². The highest BCUT2D eigenvalue weighted by Gasteiger charge is 2.22. The average molecular weight is 370 g/mol. The number of aryl methyl sites for hydroxylation is 1. The van der Waals surface area contributed by atoms with Gasteiger partial charge in [0, 0.05) is 6.08 Å². The maximum absolute atomic E-state index is 11.9. The van der Waals surface area contributed by atoms with Crippen molar-refractivity contribution in [2.45, 2.75) is 6.92 Å². The molecule has 0 bridgehead atoms. The van der Waals surface area contributed by atoms with E-state index in [2.05, 4.69) is 5.32 Å². The number of fused-ring (bicyclic) bond motifs is 1. The molecule has 3 rings (SSSR count). The van der Waals surface area contributed by atoms with Crippen molar-refractivity contribution in [1.82, 2.24) is 5.32 Å². The summed E-state index contributed by atoms with van der Waals surface area (Å²) in [5, 5.41) is 13.9. The molecule has 0 saturated heterocycles. The van der Waals surface area contributed by atoms with Gasteiger partial charge in [-0.15, -0.1) is 0 Å². The summed E-state index contributed by atoms with van der Waals surface area (Å²) in [5.74, 6) is 1.07. The summed E-state index contributed by atoms with van der Waals surface area (Å²) in [7, 11) is 0. The van der Waals surface area contributed by atoms with Gasteiger partial charge in [-0.05, 0) is 31.2 Å². The highest BCUT2D eigenvalue weighted by atomic mass is 16.7. The first kappa shape index (κ1) is 18.2. The van der Waals surface area contributed by atoms with E-state index in [1.165, 1.54) is 24.3 Å². The number of carbonyl (C=O) groups excluding carboxylic acids is 1. The van der Waals surface area contributed by atoms with Crippen LogP contribution in [0, 0.1) is 17.0 Å². The molecule has 0 unspecified atom stereocenters. The summed E-state index contributed by atoms with van der Waals surface area (Å²) in [4.78, 5) is 22.6. The quantitative estimate of drug-likeness (QED) is 0.348. The fraction of sp³-hybridized carbons (Fsp3) is 0.211. The maximum Gasteiger partial charge on any atom is 0.280 e. The third kappa shape index (κ3) is 4.75. The minimum atomic E-state index is -0.533. The number of benzene rings is 2. The number of nitrogens with zero attached hydrogens (tertiary/aromatic N) is 1. The molecule has 0 aromatic heterocycles. The second-order valence-corrected chi connectivity index (χ2v) is 5.81. The van der Waals surface area contributed by atoms with Gasteiger partial charge in [-0.2, -0.15) is 0 Å². The molecule has 140 valence electrons. The Hall–Kier alpha value is -3.55. The zero-order valence-electron chi connectivity index (χ0n) is 14.6. The minimum Gasteiger partial charge on any atom is -0.492 e. The molecular weight excluding hydrogens is 352 g/mol. The Balaban J connectivity index is 1.54. The lowest BCUT2D eigenvalue weighted by atomic mass is 10.1. The number of ether oxygens (including phenoxy) is 3. The minimum absolute atomic E-state index is 0.0150. The Morgan fingerprint density at radius 3 is 2.67 bits per heavy atom. The predicted molar refractivity (Wildman–Crippen MR) is 97.9 cm³/mol. The SMILES string of the molecule is Cc1ccc(OCCNC(=O)/C=C/c2cc3c(cc2[N+](=O)[O-])OCO3)cc1. The summed E-state index contributed by atoms with van der Waals surface area (Å²) in [5.41, 5.74) is 1.24. The molecule has 1 amide bonds. The average Bonchev–Trinajstić information content (AvgIpc) is 3.11. The van der Waals surface area contributed by atoms with Gasteiger partial charge in [0.2, 0.25) is 12.7 Å². The van der Waals surface area contributed by atoms with Crippen LogP contribution in [0.3, 0.4) is 0 Å². The molecule has 1 aliphatic rings. The maximum atomic E-state index is 11.9. The molecule has 0 fully saturated rings. The van der Waals surface area contributed by atoms with Crippen LogP contribution in [-0.4, -0.2) is 30.8 Å². The number of nitro benzene ring substituents is 1. The van der Waals surface area contributed by atoms with Crippen molar-refractivity contribution < 1.29 is 23.9 Å². The van der Waals surface area contributed by atoms with E-state index >= 15 is 0 Å². The van der Waals surface area contributed by atoms with Crippen LogP contribution in [0.15, 0.2) is 42.5 Å². The van der Waals surface area contributed by atoms with Gasteiger partial charge in [0.25, 0.3) is 5.69 Å². The molecule has 27 heavy (non-hydrogen) atoms. The molecule has 1 heterocycles. The lowest BCUT2D eigenvalue weighted by molar-refractivity contribution is -0.385. The molecular formula is C19H18N2O6. The van der Waals surface area contributed by atoms with Crippen molar-refractivity contribution >= 4 is 17.7 Å². The number of nitrogens with one attached hydrogen (secondary N) is 1. The van der Waals surface area contributed by atoms with Crippen molar-refractivity contribution in [1.29, 1.82) is 0 Å². The second-order valence-electron chi connectivity index (χ2n) is 5.81. The van der Waals surface area contributed by atoms with E-state index in [-0.39, 0.29) is 24.0 Å². The van der Waals surface area contributed by atoms with E-state index in [4.69, 9.17) is 14.2 Å². The van der Waals surface area contributed by atoms with Gasteiger partial charge in [0.15, 0.2) is 11.5 Å². The van der Waals surface area contributed by atoms with Crippen molar-refractivity contribution in [2.24, 2.45) is 0 Å². The fourth-order valence-corrected chi connectivity index (χ4v) is 2.44. The monoisotopic (exact) mass is 370 g/mol. The molecule has 0 spiro atoms. The van der Waals surface area contributed by atoms with Crippen LogP contribution in [0.1, 0.15) is 11.1 Å². The fourth-order valence-electron chi connectivity index (χ4n) is 2.44. The molecule has 0 atom stereocenters. The number of rotatable bonds is 7. The molecule has 0 saturated carbocycles. The van der Waals surface area contributed by atoms with Crippen molar-refractivity contribution in [3.05, 3.63) is 63.7 Å². The molecule has 2 aromatic rings. The summed E-state index contributed by atoms with van der Waals surface area (Å²) in [6.07, 6.45) is 2.60. The Labute approximate surface area is 155 Å². The summed E-state index contributed by atoms with van der Waals surface area (Å²) in [6, 6.07) is 10.4. The Bertz CT molecular complexity index is 877. The molecule has 8 heteroatoms. The van der Waals surface area contributed by atoms with E-state index in [0.29, 0.717) is 24.7 Å². The van der Waals surface area contributed by atoms with Crippen LogP contribution in [0.2, 0.25) is 0 Å². The Kier molecular flexibility index (Phi) is 5.55. The van der Waals surface area contributed by atoms with E-state index in [9.17, 15) is 14.9 Å². The van der Waals surface area contributed by atoms with Gasteiger partial charge < -0.3 is 19.5 Å². The highest BCUT2D eigenvalue weighted by Crippen LogP contribution is 2.38. The van der Waals surface area contributed by atoms with Gasteiger partial charge in [-0.3, -0.25) is 14.9 Å².